The molecular weight excluding hydrogens is 266 g/mol. The van der Waals surface area contributed by atoms with Crippen LogP contribution in [-0.2, 0) is 12.8 Å². The van der Waals surface area contributed by atoms with Crippen molar-refractivity contribution in [3.63, 3.8) is 0 Å². The van der Waals surface area contributed by atoms with Gasteiger partial charge in [-0.15, -0.1) is 11.3 Å². The van der Waals surface area contributed by atoms with Crippen LogP contribution in [0.1, 0.15) is 38.5 Å². The average molecular weight is 278 g/mol. The SMILES string of the molecule is O=C(c1cc2c(s1)CCCC2)c1c(F)cccc1F. The standard InChI is InChI=1S/C15H12F2OS/c16-10-5-3-6-11(17)14(10)15(18)13-8-9-4-1-2-7-12(9)19-13/h3,5-6,8H,1-2,4,7H2. The van der Waals surface area contributed by atoms with Gasteiger partial charge < -0.3 is 0 Å². The molecule has 0 radical (unpaired) electrons. The van der Waals surface area contributed by atoms with E-state index in [1.165, 1.54) is 22.3 Å². The van der Waals surface area contributed by atoms with Crippen LogP contribution in [0, 0.1) is 11.6 Å². The zero-order valence-corrected chi connectivity index (χ0v) is 11.0. The van der Waals surface area contributed by atoms with Gasteiger partial charge in [0.2, 0.25) is 5.78 Å². The molecule has 0 spiro atoms. The lowest BCUT2D eigenvalue weighted by molar-refractivity contribution is 0.103. The van der Waals surface area contributed by atoms with Crippen LogP contribution in [-0.4, -0.2) is 5.78 Å². The molecular formula is C15H12F2OS. The van der Waals surface area contributed by atoms with Crippen LogP contribution in [0.5, 0.6) is 0 Å². The van der Waals surface area contributed by atoms with Gasteiger partial charge in [-0.05, 0) is 49.4 Å². The summed E-state index contributed by atoms with van der Waals surface area (Å²) in [5, 5.41) is 0. The third-order valence-electron chi connectivity index (χ3n) is 3.41. The Hall–Kier alpha value is -1.55. The summed E-state index contributed by atoms with van der Waals surface area (Å²) in [4.78, 5) is 13.9. The Morgan fingerprint density at radius 1 is 1.11 bits per heavy atom. The second kappa shape index (κ2) is 4.85. The topological polar surface area (TPSA) is 17.1 Å². The molecule has 3 rings (SSSR count). The highest BCUT2D eigenvalue weighted by molar-refractivity contribution is 7.14. The van der Waals surface area contributed by atoms with E-state index in [-0.39, 0.29) is 0 Å². The van der Waals surface area contributed by atoms with Crippen LogP contribution >= 0.6 is 11.3 Å². The predicted molar refractivity (Wildman–Crippen MR) is 70.8 cm³/mol. The molecule has 0 amide bonds. The van der Waals surface area contributed by atoms with Gasteiger partial charge >= 0.3 is 0 Å². The minimum absolute atomic E-state index is 0.441. The molecule has 1 aliphatic rings. The van der Waals surface area contributed by atoms with Gasteiger partial charge in [-0.2, -0.15) is 0 Å². The summed E-state index contributed by atoms with van der Waals surface area (Å²) in [7, 11) is 0. The molecule has 4 heteroatoms. The number of carbonyl (C=O) groups is 1. The lowest BCUT2D eigenvalue weighted by Crippen LogP contribution is -2.05. The lowest BCUT2D eigenvalue weighted by atomic mass is 9.98. The van der Waals surface area contributed by atoms with E-state index in [0.29, 0.717) is 4.88 Å². The second-order valence-corrected chi connectivity index (χ2v) is 5.83. The molecule has 1 aliphatic carbocycles. The number of hydrogen-bond acceptors (Lipinski definition) is 2. The molecule has 0 aliphatic heterocycles. The molecule has 19 heavy (non-hydrogen) atoms. The molecule has 1 nitrogen and oxygen atoms in total. The van der Waals surface area contributed by atoms with E-state index in [1.54, 1.807) is 6.07 Å². The van der Waals surface area contributed by atoms with Crippen LogP contribution in [0.2, 0.25) is 0 Å². The Labute approximate surface area is 113 Å². The first-order chi connectivity index (χ1) is 9.16. The highest BCUT2D eigenvalue weighted by atomic mass is 32.1. The number of carbonyl (C=O) groups excluding carboxylic acids is 1. The highest BCUT2D eigenvalue weighted by Crippen LogP contribution is 2.31. The summed E-state index contributed by atoms with van der Waals surface area (Å²) in [5.41, 5.74) is 0.720. The van der Waals surface area contributed by atoms with E-state index in [1.807, 2.05) is 0 Å². The molecule has 0 bridgehead atoms. The molecule has 0 fully saturated rings. The van der Waals surface area contributed by atoms with E-state index < -0.39 is 23.0 Å². The zero-order valence-electron chi connectivity index (χ0n) is 10.2. The van der Waals surface area contributed by atoms with Crippen molar-refractivity contribution in [3.05, 3.63) is 56.8 Å². The number of fused-ring (bicyclic) bond motifs is 1. The van der Waals surface area contributed by atoms with Crippen molar-refractivity contribution >= 4 is 17.1 Å². The number of ketones is 1. The predicted octanol–water partition coefficient (Wildman–Crippen LogP) is 4.14. The fourth-order valence-electron chi connectivity index (χ4n) is 2.44. The van der Waals surface area contributed by atoms with E-state index in [4.69, 9.17) is 0 Å². The molecule has 2 aromatic rings. The minimum atomic E-state index is -0.795. The Balaban J connectivity index is 2.02. The third kappa shape index (κ3) is 2.21. The van der Waals surface area contributed by atoms with Gasteiger partial charge in [-0.1, -0.05) is 6.07 Å². The molecule has 1 aromatic carbocycles. The Bertz CT molecular complexity index is 602. The maximum absolute atomic E-state index is 13.6. The first kappa shape index (κ1) is 12.5. The highest BCUT2D eigenvalue weighted by Gasteiger charge is 2.23. The molecule has 0 atom stereocenters. The number of thiophene rings is 1. The lowest BCUT2D eigenvalue weighted by Gasteiger charge is -2.08. The zero-order chi connectivity index (χ0) is 13.4. The van der Waals surface area contributed by atoms with E-state index >= 15 is 0 Å². The largest absolute Gasteiger partial charge is 0.287 e. The van der Waals surface area contributed by atoms with Crippen molar-refractivity contribution in [2.24, 2.45) is 0 Å². The van der Waals surface area contributed by atoms with Crippen LogP contribution in [0.3, 0.4) is 0 Å². The summed E-state index contributed by atoms with van der Waals surface area (Å²) >= 11 is 1.37. The summed E-state index contributed by atoms with van der Waals surface area (Å²) in [5.74, 6) is -2.14. The van der Waals surface area contributed by atoms with Crippen LogP contribution in [0.4, 0.5) is 8.78 Å². The molecule has 98 valence electrons. The van der Waals surface area contributed by atoms with Crippen LogP contribution in [0.15, 0.2) is 24.3 Å². The first-order valence-corrected chi connectivity index (χ1v) is 7.09. The summed E-state index contributed by atoms with van der Waals surface area (Å²) in [6.45, 7) is 0. The van der Waals surface area contributed by atoms with Crippen LogP contribution in [0.25, 0.3) is 0 Å². The van der Waals surface area contributed by atoms with Crippen molar-refractivity contribution in [2.75, 3.05) is 0 Å². The summed E-state index contributed by atoms with van der Waals surface area (Å²) < 4.78 is 27.2. The molecule has 0 saturated heterocycles. The minimum Gasteiger partial charge on any atom is -0.287 e. The van der Waals surface area contributed by atoms with E-state index in [0.717, 1.165) is 43.4 Å². The molecule has 0 unspecified atom stereocenters. The van der Waals surface area contributed by atoms with Crippen molar-refractivity contribution < 1.29 is 13.6 Å². The number of halogens is 2. The van der Waals surface area contributed by atoms with Gasteiger partial charge in [0.25, 0.3) is 0 Å². The second-order valence-electron chi connectivity index (χ2n) is 4.69. The molecule has 1 aromatic heterocycles. The maximum atomic E-state index is 13.6. The molecule has 0 saturated carbocycles. The monoisotopic (exact) mass is 278 g/mol. The van der Waals surface area contributed by atoms with Gasteiger partial charge in [-0.25, -0.2) is 8.78 Å². The maximum Gasteiger partial charge on any atom is 0.208 e. The number of hydrogen-bond donors (Lipinski definition) is 0. The fraction of sp³-hybridized carbons (Fsp3) is 0.267. The third-order valence-corrected chi connectivity index (χ3v) is 4.65. The summed E-state index contributed by atoms with van der Waals surface area (Å²) in [6.07, 6.45) is 4.16. The van der Waals surface area contributed by atoms with Gasteiger partial charge in [0.1, 0.15) is 11.6 Å². The van der Waals surface area contributed by atoms with Crippen molar-refractivity contribution in [2.45, 2.75) is 25.7 Å². The number of benzene rings is 1. The molecule has 0 N–H and O–H groups in total. The number of aryl methyl sites for hydroxylation is 2. The number of rotatable bonds is 2. The Morgan fingerprint density at radius 3 is 2.47 bits per heavy atom. The van der Waals surface area contributed by atoms with Gasteiger partial charge in [0.15, 0.2) is 0 Å². The Morgan fingerprint density at radius 2 is 1.79 bits per heavy atom. The van der Waals surface area contributed by atoms with Gasteiger partial charge in [0, 0.05) is 4.88 Å². The van der Waals surface area contributed by atoms with Crippen molar-refractivity contribution in [1.29, 1.82) is 0 Å². The van der Waals surface area contributed by atoms with Gasteiger partial charge in [-0.3, -0.25) is 4.79 Å². The average Bonchev–Trinajstić information content (AvgIpc) is 2.82. The smallest absolute Gasteiger partial charge is 0.208 e. The fourth-order valence-corrected chi connectivity index (χ4v) is 3.64. The summed E-state index contributed by atoms with van der Waals surface area (Å²) in [6, 6.07) is 5.29. The van der Waals surface area contributed by atoms with E-state index in [2.05, 4.69) is 0 Å². The van der Waals surface area contributed by atoms with Crippen molar-refractivity contribution in [1.82, 2.24) is 0 Å². The first-order valence-electron chi connectivity index (χ1n) is 6.27. The van der Waals surface area contributed by atoms with E-state index in [9.17, 15) is 13.6 Å². The Kier molecular flexibility index (Phi) is 3.19. The molecule has 1 heterocycles. The van der Waals surface area contributed by atoms with Crippen LogP contribution < -0.4 is 0 Å². The van der Waals surface area contributed by atoms with Gasteiger partial charge in [0.05, 0.1) is 10.4 Å². The normalized spacial score (nSPS) is 14.2. The quantitative estimate of drug-likeness (QED) is 0.755. The van der Waals surface area contributed by atoms with Crippen molar-refractivity contribution in [3.8, 4) is 0 Å².